The molecule has 35 heavy (non-hydrogen) atoms. The van der Waals surface area contributed by atoms with Gasteiger partial charge in [0.1, 0.15) is 18.5 Å². The van der Waals surface area contributed by atoms with Crippen LogP contribution in [0.5, 0.6) is 23.0 Å². The Balaban J connectivity index is 0.000000537. The van der Waals surface area contributed by atoms with Crippen molar-refractivity contribution in [3.05, 3.63) is 47.5 Å². The van der Waals surface area contributed by atoms with E-state index in [0.717, 1.165) is 0 Å². The average Bonchev–Trinajstić information content (AvgIpc) is 2.85. The first-order chi connectivity index (χ1) is 16.8. The average molecular weight is 513 g/mol. The Labute approximate surface area is 208 Å². The highest BCUT2D eigenvalue weighted by Gasteiger charge is 2.08. The molecule has 2 aromatic carbocycles. The van der Waals surface area contributed by atoms with Crippen molar-refractivity contribution in [2.75, 3.05) is 32.3 Å². The molecule has 0 spiro atoms. The van der Waals surface area contributed by atoms with Crippen LogP contribution >= 0.6 is 11.6 Å². The van der Waals surface area contributed by atoms with E-state index in [1.807, 2.05) is 6.92 Å². The van der Waals surface area contributed by atoms with Gasteiger partial charge in [-0.25, -0.2) is 4.79 Å². The van der Waals surface area contributed by atoms with Gasteiger partial charge < -0.3 is 29.2 Å². The number of esters is 1. The summed E-state index contributed by atoms with van der Waals surface area (Å²) >= 11 is 5.06. The Morgan fingerprint density at radius 3 is 1.83 bits per heavy atom. The Hall–Kier alpha value is -3.79. The molecule has 2 aromatic rings. The van der Waals surface area contributed by atoms with Crippen molar-refractivity contribution in [3.63, 3.8) is 0 Å². The second kappa shape index (κ2) is 18.6. The number of alkyl halides is 1. The van der Waals surface area contributed by atoms with Crippen LogP contribution in [0, 0.1) is 0 Å². The molecule has 192 valence electrons. The van der Waals surface area contributed by atoms with Crippen LogP contribution in [0.25, 0.3) is 0 Å². The Kier molecular flexibility index (Phi) is 16.6. The molecule has 0 aromatic heterocycles. The fourth-order valence-corrected chi connectivity index (χ4v) is 2.28. The van der Waals surface area contributed by atoms with E-state index < -0.39 is 12.6 Å². The van der Waals surface area contributed by atoms with E-state index in [0.29, 0.717) is 60.8 Å². The zero-order chi connectivity index (χ0) is 26.6. The molecule has 0 heterocycles. The zero-order valence-corrected chi connectivity index (χ0v) is 20.4. The molecule has 0 fully saturated rings. The highest BCUT2D eigenvalue weighted by molar-refractivity contribution is 6.26. The van der Waals surface area contributed by atoms with Crippen molar-refractivity contribution in [3.8, 4) is 23.0 Å². The van der Waals surface area contributed by atoms with Gasteiger partial charge in [0.05, 0.1) is 19.8 Å². The number of aromatic hydroxyl groups is 1. The third-order valence-electron chi connectivity index (χ3n) is 3.59. The minimum Gasteiger partial charge on any atom is -0.504 e. The highest BCUT2D eigenvalue weighted by atomic mass is 35.5. The summed E-state index contributed by atoms with van der Waals surface area (Å²) in [6.07, 6.45) is 1.39. The van der Waals surface area contributed by atoms with E-state index in [9.17, 15) is 24.3 Å². The summed E-state index contributed by atoms with van der Waals surface area (Å²) in [4.78, 5) is 41.3. The van der Waals surface area contributed by atoms with E-state index >= 15 is 0 Å². The van der Waals surface area contributed by atoms with E-state index in [-0.39, 0.29) is 17.6 Å². The molecule has 0 aliphatic rings. The first kappa shape index (κ1) is 31.2. The van der Waals surface area contributed by atoms with Crippen molar-refractivity contribution in [2.45, 2.75) is 20.8 Å². The largest absolute Gasteiger partial charge is 0.504 e. The summed E-state index contributed by atoms with van der Waals surface area (Å²) in [7, 11) is 0. The molecule has 0 aliphatic heterocycles. The van der Waals surface area contributed by atoms with Crippen LogP contribution in [0.4, 0.5) is 0 Å². The number of phenols is 1. The van der Waals surface area contributed by atoms with Gasteiger partial charge in [-0.15, -0.1) is 11.6 Å². The second-order valence-corrected chi connectivity index (χ2v) is 6.42. The van der Waals surface area contributed by atoms with Gasteiger partial charge in [0.25, 0.3) is 0 Å². The number of carboxylic acids is 1. The summed E-state index contributed by atoms with van der Waals surface area (Å²) < 4.78 is 19.7. The SMILES string of the molecule is CCOC(=O)CCl.CCOc1cc(C=O)ccc1O.CCOc1cc(C=O)ccc1OCC(=O)O. The number of carbonyl (C=O) groups excluding carboxylic acids is 3. The number of benzene rings is 2. The minimum absolute atomic E-state index is 0.0478. The number of aldehydes is 2. The molecule has 0 saturated carbocycles. The van der Waals surface area contributed by atoms with Gasteiger partial charge in [-0.3, -0.25) is 14.4 Å². The Morgan fingerprint density at radius 2 is 1.37 bits per heavy atom. The molecule has 0 bridgehead atoms. The number of ether oxygens (including phenoxy) is 4. The lowest BCUT2D eigenvalue weighted by Gasteiger charge is -2.10. The van der Waals surface area contributed by atoms with Crippen LogP contribution in [0.1, 0.15) is 41.5 Å². The van der Waals surface area contributed by atoms with Gasteiger partial charge in [-0.05, 0) is 57.2 Å². The predicted molar refractivity (Wildman–Crippen MR) is 128 cm³/mol. The molecule has 2 rings (SSSR count). The molecule has 10 nitrogen and oxygen atoms in total. The lowest BCUT2D eigenvalue weighted by Crippen LogP contribution is -2.10. The number of carbonyl (C=O) groups is 4. The van der Waals surface area contributed by atoms with Crippen molar-refractivity contribution in [1.29, 1.82) is 0 Å². The number of aliphatic carboxylic acids is 1. The Morgan fingerprint density at radius 1 is 0.829 bits per heavy atom. The van der Waals surface area contributed by atoms with Gasteiger partial charge in [0, 0.05) is 11.1 Å². The number of hydrogen-bond acceptors (Lipinski definition) is 9. The second-order valence-electron chi connectivity index (χ2n) is 6.16. The molecular weight excluding hydrogens is 484 g/mol. The van der Waals surface area contributed by atoms with Crippen LogP contribution in [0.15, 0.2) is 36.4 Å². The smallest absolute Gasteiger partial charge is 0.341 e. The van der Waals surface area contributed by atoms with Crippen molar-refractivity contribution in [1.82, 2.24) is 0 Å². The maximum atomic E-state index is 10.5. The topological polar surface area (TPSA) is 146 Å². The van der Waals surface area contributed by atoms with E-state index in [2.05, 4.69) is 4.74 Å². The summed E-state index contributed by atoms with van der Waals surface area (Å²) in [6.45, 7) is 6.18. The standard InChI is InChI=1S/C11H12O5.C9H10O3.C4H7ClO2/c1-2-15-10-5-8(6-12)3-4-9(10)16-7-11(13)14;1-2-12-9-5-7(6-10)3-4-8(9)11;1-2-7-4(6)3-5/h3-6H,2,7H2,1H3,(H,13,14);3-6,11H,2H2,1H3;2-3H2,1H3. The number of phenolic OH excluding ortho intramolecular Hbond substituents is 1. The molecule has 0 atom stereocenters. The molecule has 0 radical (unpaired) electrons. The van der Waals surface area contributed by atoms with Crippen LogP contribution in [0.3, 0.4) is 0 Å². The number of hydrogen-bond donors (Lipinski definition) is 2. The number of halogens is 1. The fraction of sp³-hybridized carbons (Fsp3) is 0.333. The van der Waals surface area contributed by atoms with Gasteiger partial charge in [-0.2, -0.15) is 0 Å². The van der Waals surface area contributed by atoms with Gasteiger partial charge >= 0.3 is 11.9 Å². The fourth-order valence-electron chi connectivity index (χ4n) is 2.20. The van der Waals surface area contributed by atoms with Crippen LogP contribution in [0.2, 0.25) is 0 Å². The minimum atomic E-state index is -1.07. The van der Waals surface area contributed by atoms with Gasteiger partial charge in [0.2, 0.25) is 0 Å². The van der Waals surface area contributed by atoms with E-state index in [1.54, 1.807) is 13.8 Å². The number of carboxylic acid groups (broad SMARTS) is 1. The number of rotatable bonds is 11. The van der Waals surface area contributed by atoms with Crippen LogP contribution < -0.4 is 14.2 Å². The predicted octanol–water partition coefficient (Wildman–Crippen LogP) is 3.75. The highest BCUT2D eigenvalue weighted by Crippen LogP contribution is 2.28. The van der Waals surface area contributed by atoms with E-state index in [4.69, 9.17) is 30.9 Å². The summed E-state index contributed by atoms with van der Waals surface area (Å²) in [6, 6.07) is 9.03. The zero-order valence-electron chi connectivity index (χ0n) is 19.7. The maximum absolute atomic E-state index is 10.5. The van der Waals surface area contributed by atoms with Crippen molar-refractivity contribution in [2.24, 2.45) is 0 Å². The third kappa shape index (κ3) is 13.5. The lowest BCUT2D eigenvalue weighted by atomic mass is 10.2. The van der Waals surface area contributed by atoms with Gasteiger partial charge in [-0.1, -0.05) is 0 Å². The molecule has 0 unspecified atom stereocenters. The van der Waals surface area contributed by atoms with Gasteiger partial charge in [0.15, 0.2) is 29.6 Å². The van der Waals surface area contributed by atoms with E-state index in [1.165, 1.54) is 36.4 Å². The molecule has 2 N–H and O–H groups in total. The molecule has 0 amide bonds. The summed E-state index contributed by atoms with van der Waals surface area (Å²) in [5, 5.41) is 17.7. The third-order valence-corrected chi connectivity index (χ3v) is 3.81. The lowest BCUT2D eigenvalue weighted by molar-refractivity contribution is -0.140. The Bertz CT molecular complexity index is 946. The first-order valence-corrected chi connectivity index (χ1v) is 11.0. The van der Waals surface area contributed by atoms with Crippen LogP contribution in [-0.2, 0) is 14.3 Å². The molecule has 11 heteroatoms. The molecule has 0 aliphatic carbocycles. The normalized spacial score (nSPS) is 9.26. The van der Waals surface area contributed by atoms with Crippen LogP contribution in [-0.4, -0.2) is 67.0 Å². The van der Waals surface area contributed by atoms with Crippen molar-refractivity contribution >= 4 is 36.1 Å². The monoisotopic (exact) mass is 512 g/mol. The maximum Gasteiger partial charge on any atom is 0.341 e. The quantitative estimate of drug-likeness (QED) is 0.259. The first-order valence-electron chi connectivity index (χ1n) is 10.4. The molecule has 0 saturated heterocycles. The van der Waals surface area contributed by atoms with Crippen molar-refractivity contribution < 1.29 is 48.3 Å². The molecular formula is C24H29ClO10. The summed E-state index contributed by atoms with van der Waals surface area (Å²) in [5.74, 6) is -0.382. The summed E-state index contributed by atoms with van der Waals surface area (Å²) in [5.41, 5.74) is 0.947.